The van der Waals surface area contributed by atoms with E-state index in [1.807, 2.05) is 6.07 Å². The molecule has 2 aromatic carbocycles. The van der Waals surface area contributed by atoms with Crippen LogP contribution in [0.1, 0.15) is 111 Å². The lowest BCUT2D eigenvalue weighted by atomic mass is 9.92. The Balaban J connectivity index is 1.55. The summed E-state index contributed by atoms with van der Waals surface area (Å²) in [4.78, 5) is 37.7. The molecular formula is C32H40O9S. The summed E-state index contributed by atoms with van der Waals surface area (Å²) in [5, 5.41) is 0. The number of ether oxygens (including phenoxy) is 3. The van der Waals surface area contributed by atoms with Crippen LogP contribution in [0.25, 0.3) is 0 Å². The quantitative estimate of drug-likeness (QED) is 0.168. The summed E-state index contributed by atoms with van der Waals surface area (Å²) < 4.78 is 49.0. The highest BCUT2D eigenvalue weighted by Gasteiger charge is 2.32. The second-order valence-corrected chi connectivity index (χ2v) is 12.9. The SMILES string of the molecule is CC(=O)OC(C)(CCOS(=O)(=O)c1cc(C(=O)OC2CCCCC2)cc(C(=O)OC2CCCCC2)c1)c1ccccc1. The van der Waals surface area contributed by atoms with Gasteiger partial charge in [0.05, 0.1) is 22.6 Å². The van der Waals surface area contributed by atoms with Crippen molar-refractivity contribution in [2.24, 2.45) is 0 Å². The van der Waals surface area contributed by atoms with Gasteiger partial charge >= 0.3 is 17.9 Å². The van der Waals surface area contributed by atoms with Crippen molar-refractivity contribution in [1.29, 1.82) is 0 Å². The molecule has 0 spiro atoms. The number of carbonyl (C=O) groups excluding carboxylic acids is 3. The summed E-state index contributed by atoms with van der Waals surface area (Å²) in [6.07, 6.45) is 8.47. The number of rotatable bonds is 11. The third-order valence-electron chi connectivity index (χ3n) is 7.89. The van der Waals surface area contributed by atoms with Crippen molar-refractivity contribution in [2.75, 3.05) is 6.61 Å². The molecule has 4 rings (SSSR count). The van der Waals surface area contributed by atoms with Crippen LogP contribution in [-0.4, -0.2) is 45.1 Å². The van der Waals surface area contributed by atoms with Crippen molar-refractivity contribution in [3.63, 3.8) is 0 Å². The maximum Gasteiger partial charge on any atom is 0.338 e. The van der Waals surface area contributed by atoms with Crippen LogP contribution in [0.2, 0.25) is 0 Å². The largest absolute Gasteiger partial charge is 0.459 e. The molecule has 2 aliphatic carbocycles. The summed E-state index contributed by atoms with van der Waals surface area (Å²) in [5.74, 6) is -1.91. The molecule has 2 saturated carbocycles. The van der Waals surface area contributed by atoms with Crippen molar-refractivity contribution >= 4 is 28.0 Å². The van der Waals surface area contributed by atoms with Crippen molar-refractivity contribution in [2.45, 2.75) is 107 Å². The molecule has 10 heteroatoms. The molecule has 0 aromatic heterocycles. The average molecular weight is 601 g/mol. The van der Waals surface area contributed by atoms with Gasteiger partial charge in [0.1, 0.15) is 17.8 Å². The highest BCUT2D eigenvalue weighted by atomic mass is 32.2. The van der Waals surface area contributed by atoms with E-state index in [4.69, 9.17) is 18.4 Å². The minimum Gasteiger partial charge on any atom is -0.459 e. The molecule has 0 bridgehead atoms. The Bertz CT molecular complexity index is 1290. The lowest BCUT2D eigenvalue weighted by molar-refractivity contribution is -0.157. The van der Waals surface area contributed by atoms with E-state index in [9.17, 15) is 22.8 Å². The first-order chi connectivity index (χ1) is 20.1. The predicted octanol–water partition coefficient (Wildman–Crippen LogP) is 6.24. The fourth-order valence-electron chi connectivity index (χ4n) is 5.56. The van der Waals surface area contributed by atoms with Gasteiger partial charge in [-0.25, -0.2) is 9.59 Å². The summed E-state index contributed by atoms with van der Waals surface area (Å²) in [6.45, 7) is 2.64. The van der Waals surface area contributed by atoms with Crippen LogP contribution in [0.3, 0.4) is 0 Å². The lowest BCUT2D eigenvalue weighted by Gasteiger charge is -2.29. The van der Waals surface area contributed by atoms with Gasteiger partial charge in [-0.3, -0.25) is 8.98 Å². The van der Waals surface area contributed by atoms with E-state index in [1.165, 1.54) is 25.1 Å². The van der Waals surface area contributed by atoms with E-state index in [0.717, 1.165) is 64.2 Å². The number of hydrogen-bond donors (Lipinski definition) is 0. The molecule has 0 amide bonds. The van der Waals surface area contributed by atoms with Crippen LogP contribution >= 0.6 is 0 Å². The fourth-order valence-corrected chi connectivity index (χ4v) is 6.54. The normalized spacial score (nSPS) is 18.0. The Kier molecular flexibility index (Phi) is 10.8. The first-order valence-corrected chi connectivity index (χ1v) is 16.2. The van der Waals surface area contributed by atoms with Crippen molar-refractivity contribution in [3.8, 4) is 0 Å². The highest BCUT2D eigenvalue weighted by Crippen LogP contribution is 2.31. The zero-order valence-corrected chi connectivity index (χ0v) is 25.2. The zero-order chi connectivity index (χ0) is 30.2. The maximum atomic E-state index is 13.4. The van der Waals surface area contributed by atoms with Crippen LogP contribution in [0, 0.1) is 0 Å². The molecule has 0 saturated heterocycles. The first kappa shape index (κ1) is 31.7. The van der Waals surface area contributed by atoms with Gasteiger partial charge in [-0.15, -0.1) is 0 Å². The van der Waals surface area contributed by atoms with Gasteiger partial charge in [0.25, 0.3) is 10.1 Å². The van der Waals surface area contributed by atoms with Crippen LogP contribution in [0.15, 0.2) is 53.4 Å². The third-order valence-corrected chi connectivity index (χ3v) is 9.18. The molecule has 9 nitrogen and oxygen atoms in total. The molecule has 1 unspecified atom stereocenters. The molecule has 2 fully saturated rings. The van der Waals surface area contributed by atoms with Gasteiger partial charge < -0.3 is 14.2 Å². The predicted molar refractivity (Wildman–Crippen MR) is 154 cm³/mol. The van der Waals surface area contributed by atoms with E-state index >= 15 is 0 Å². The highest BCUT2D eigenvalue weighted by molar-refractivity contribution is 7.86. The summed E-state index contributed by atoms with van der Waals surface area (Å²) in [7, 11) is -4.43. The Labute approximate surface area is 248 Å². The molecule has 2 aromatic rings. The number of esters is 3. The molecule has 2 aliphatic rings. The van der Waals surface area contributed by atoms with Gasteiger partial charge in [-0.05, 0) is 82.1 Å². The molecule has 0 heterocycles. The van der Waals surface area contributed by atoms with E-state index in [2.05, 4.69) is 0 Å². The van der Waals surface area contributed by atoms with Crippen molar-refractivity contribution in [1.82, 2.24) is 0 Å². The third kappa shape index (κ3) is 8.64. The second kappa shape index (κ2) is 14.3. The number of hydrogen-bond acceptors (Lipinski definition) is 9. The van der Waals surface area contributed by atoms with E-state index in [-0.39, 0.29) is 41.3 Å². The van der Waals surface area contributed by atoms with Crippen molar-refractivity contribution < 1.29 is 41.2 Å². The van der Waals surface area contributed by atoms with Crippen LogP contribution in [-0.2, 0) is 38.9 Å². The van der Waals surface area contributed by atoms with Gasteiger partial charge in [-0.2, -0.15) is 8.42 Å². The van der Waals surface area contributed by atoms with Crippen LogP contribution in [0.4, 0.5) is 0 Å². The van der Waals surface area contributed by atoms with Gasteiger partial charge in [0, 0.05) is 13.3 Å². The molecule has 0 radical (unpaired) electrons. The number of carbonyl (C=O) groups is 3. The lowest BCUT2D eigenvalue weighted by Crippen LogP contribution is -2.30. The summed E-state index contributed by atoms with van der Waals surface area (Å²) >= 11 is 0. The topological polar surface area (TPSA) is 122 Å². The zero-order valence-electron chi connectivity index (χ0n) is 24.3. The molecule has 0 aliphatic heterocycles. The van der Waals surface area contributed by atoms with E-state index in [0.29, 0.717) is 5.56 Å². The van der Waals surface area contributed by atoms with Gasteiger partial charge in [0.15, 0.2) is 0 Å². The minimum absolute atomic E-state index is 0.0375. The standard InChI is InChI=1S/C32H40O9S/c1-23(33)41-32(2,26-12-6-3-7-13-26)18-19-38-42(36,37)29-21-24(30(34)39-27-14-8-4-9-15-27)20-25(22-29)31(35)40-28-16-10-5-11-17-28/h3,6-7,12-13,20-22,27-28H,4-5,8-11,14-19H2,1-2H3. The Morgan fingerprint density at radius 2 is 1.29 bits per heavy atom. The molecular weight excluding hydrogens is 560 g/mol. The van der Waals surface area contributed by atoms with Crippen LogP contribution in [0.5, 0.6) is 0 Å². The molecule has 1 atom stereocenters. The van der Waals surface area contributed by atoms with E-state index in [1.54, 1.807) is 31.2 Å². The minimum atomic E-state index is -4.43. The monoisotopic (exact) mass is 600 g/mol. The van der Waals surface area contributed by atoms with E-state index < -0.39 is 33.6 Å². The first-order valence-electron chi connectivity index (χ1n) is 14.8. The Morgan fingerprint density at radius 3 is 1.76 bits per heavy atom. The van der Waals surface area contributed by atoms with Crippen LogP contribution < -0.4 is 0 Å². The Hall–Kier alpha value is -3.24. The summed E-state index contributed by atoms with van der Waals surface area (Å²) in [5.41, 5.74) is -0.574. The average Bonchev–Trinajstić information content (AvgIpc) is 2.98. The van der Waals surface area contributed by atoms with Crippen molar-refractivity contribution in [3.05, 3.63) is 65.2 Å². The Morgan fingerprint density at radius 1 is 0.786 bits per heavy atom. The van der Waals surface area contributed by atoms with Gasteiger partial charge in [-0.1, -0.05) is 43.2 Å². The molecule has 228 valence electrons. The molecule has 42 heavy (non-hydrogen) atoms. The summed E-state index contributed by atoms with van der Waals surface area (Å²) in [6, 6.07) is 12.6. The second-order valence-electron chi connectivity index (χ2n) is 11.3. The maximum absolute atomic E-state index is 13.4. The van der Waals surface area contributed by atoms with Gasteiger partial charge in [0.2, 0.25) is 0 Å². The smallest absolute Gasteiger partial charge is 0.338 e. The fraction of sp³-hybridized carbons (Fsp3) is 0.531. The molecule has 0 N–H and O–H groups in total. The number of benzene rings is 2.